The first-order valence-electron chi connectivity index (χ1n) is 5.17. The molecule has 0 fully saturated rings. The fourth-order valence-electron chi connectivity index (χ4n) is 1.91. The zero-order valence-corrected chi connectivity index (χ0v) is 13.0. The Morgan fingerprint density at radius 3 is 2.40 bits per heavy atom. The topological polar surface area (TPSA) is 0 Å². The van der Waals surface area contributed by atoms with Crippen molar-refractivity contribution in [2.75, 3.05) is 0 Å². The van der Waals surface area contributed by atoms with Crippen molar-refractivity contribution >= 4 is 44.3 Å². The van der Waals surface area contributed by atoms with Crippen molar-refractivity contribution in [3.05, 3.63) is 41.4 Å². The predicted octanol–water partition coefficient (Wildman–Crippen LogP) is 4.04. The molecule has 0 unspecified atom stereocenters. The summed E-state index contributed by atoms with van der Waals surface area (Å²) in [5.74, 6) is 0. The second-order valence-electron chi connectivity index (χ2n) is 4.92. The quantitative estimate of drug-likeness (QED) is 0.694. The molecule has 0 radical (unpaired) electrons. The zero-order chi connectivity index (χ0) is 11.1. The Labute approximate surface area is 100 Å². The van der Waals surface area contributed by atoms with Crippen LogP contribution in [0.1, 0.15) is 0 Å². The molecule has 0 N–H and O–H groups in total. The minimum atomic E-state index is -1.99. The zero-order valence-electron chi connectivity index (χ0n) is 9.34. The molecule has 78 valence electrons. The molecule has 0 nitrogen and oxygen atoms in total. The second kappa shape index (κ2) is 3.99. The van der Waals surface area contributed by atoms with Crippen molar-refractivity contribution < 1.29 is 0 Å². The van der Waals surface area contributed by atoms with Gasteiger partial charge in [-0.3, -0.25) is 0 Å². The Morgan fingerprint density at radius 1 is 1.00 bits per heavy atom. The van der Waals surface area contributed by atoms with E-state index in [9.17, 15) is 0 Å². The SMILES string of the molecule is [CH3][Sn]([CH3])([CH3])[c]1cccc2cc(Cl)ccc12. The van der Waals surface area contributed by atoms with E-state index in [2.05, 4.69) is 45.2 Å². The maximum atomic E-state index is 6.00. The summed E-state index contributed by atoms with van der Waals surface area (Å²) in [5.41, 5.74) is 0. The molecule has 2 rings (SSSR count). The first-order valence-corrected chi connectivity index (χ1v) is 15.5. The van der Waals surface area contributed by atoms with Crippen LogP contribution in [0.3, 0.4) is 0 Å². The summed E-state index contributed by atoms with van der Waals surface area (Å²) in [6.45, 7) is 0. The molecule has 2 heteroatoms. The van der Waals surface area contributed by atoms with Crippen molar-refractivity contribution in [1.82, 2.24) is 0 Å². The summed E-state index contributed by atoms with van der Waals surface area (Å²) < 4.78 is 1.58. The van der Waals surface area contributed by atoms with Gasteiger partial charge in [0.1, 0.15) is 0 Å². The van der Waals surface area contributed by atoms with Gasteiger partial charge in [-0.1, -0.05) is 0 Å². The molecule has 0 amide bonds. The van der Waals surface area contributed by atoms with Gasteiger partial charge in [0.25, 0.3) is 0 Å². The van der Waals surface area contributed by atoms with Crippen LogP contribution < -0.4 is 3.58 Å². The van der Waals surface area contributed by atoms with E-state index in [4.69, 9.17) is 11.6 Å². The third-order valence-electron chi connectivity index (χ3n) is 2.65. The van der Waals surface area contributed by atoms with E-state index in [1.54, 1.807) is 3.58 Å². The van der Waals surface area contributed by atoms with Crippen LogP contribution in [0.15, 0.2) is 36.4 Å². The molecule has 0 heterocycles. The van der Waals surface area contributed by atoms with Crippen LogP contribution in [0.5, 0.6) is 0 Å². The molecular weight excluding hydrogens is 310 g/mol. The van der Waals surface area contributed by atoms with Crippen LogP contribution in [0.25, 0.3) is 10.8 Å². The van der Waals surface area contributed by atoms with Gasteiger partial charge in [0.15, 0.2) is 0 Å². The van der Waals surface area contributed by atoms with Crippen LogP contribution in [0, 0.1) is 0 Å². The average Bonchev–Trinajstić information content (AvgIpc) is 2.15. The van der Waals surface area contributed by atoms with Crippen LogP contribution in [-0.4, -0.2) is 18.4 Å². The van der Waals surface area contributed by atoms with Gasteiger partial charge in [0.2, 0.25) is 0 Å². The van der Waals surface area contributed by atoms with Gasteiger partial charge in [-0.25, -0.2) is 0 Å². The van der Waals surface area contributed by atoms with Gasteiger partial charge in [-0.2, -0.15) is 0 Å². The summed E-state index contributed by atoms with van der Waals surface area (Å²) in [4.78, 5) is 7.33. The van der Waals surface area contributed by atoms with Crippen molar-refractivity contribution in [2.24, 2.45) is 0 Å². The Kier molecular flexibility index (Phi) is 3.00. The molecule has 0 spiro atoms. The number of halogens is 1. The first kappa shape index (κ1) is 11.3. The molecule has 0 saturated heterocycles. The minimum absolute atomic E-state index is 0.823. The molecule has 0 aliphatic carbocycles. The number of hydrogen-bond acceptors (Lipinski definition) is 0. The Morgan fingerprint density at radius 2 is 1.73 bits per heavy atom. The molecular formula is C13H15ClSn. The summed E-state index contributed by atoms with van der Waals surface area (Å²) >= 11 is 4.01. The van der Waals surface area contributed by atoms with Crippen LogP contribution in [0.4, 0.5) is 0 Å². The third kappa shape index (κ3) is 2.31. The normalized spacial score (nSPS) is 12.0. The van der Waals surface area contributed by atoms with Crippen molar-refractivity contribution in [1.29, 1.82) is 0 Å². The number of hydrogen-bond donors (Lipinski definition) is 0. The molecule has 0 aromatic heterocycles. The average molecular weight is 325 g/mol. The van der Waals surface area contributed by atoms with Gasteiger partial charge >= 0.3 is 101 Å². The Hall–Kier alpha value is -0.211. The summed E-state index contributed by atoms with van der Waals surface area (Å²) in [5, 5.41) is 3.49. The fraction of sp³-hybridized carbons (Fsp3) is 0.231. The monoisotopic (exact) mass is 326 g/mol. The van der Waals surface area contributed by atoms with Crippen molar-refractivity contribution in [2.45, 2.75) is 14.8 Å². The molecule has 0 aliphatic heterocycles. The van der Waals surface area contributed by atoms with E-state index >= 15 is 0 Å². The summed E-state index contributed by atoms with van der Waals surface area (Å²) in [7, 11) is 0. The number of fused-ring (bicyclic) bond motifs is 1. The standard InChI is InChI=1S/C10H6Cl.3CH3.Sn/c11-10-6-5-8-3-1-2-4-9(8)7-10;;;;/h1-2,4-7H;3*1H3;. The molecule has 0 aliphatic rings. The van der Waals surface area contributed by atoms with E-state index in [-0.39, 0.29) is 0 Å². The molecule has 0 bridgehead atoms. The first-order chi connectivity index (χ1) is 6.98. The van der Waals surface area contributed by atoms with Gasteiger partial charge in [-0.15, -0.1) is 0 Å². The second-order valence-corrected chi connectivity index (χ2v) is 19.7. The molecule has 2 aromatic rings. The molecule has 15 heavy (non-hydrogen) atoms. The molecule has 0 saturated carbocycles. The van der Waals surface area contributed by atoms with E-state index in [1.165, 1.54) is 10.8 Å². The van der Waals surface area contributed by atoms with Crippen LogP contribution in [-0.2, 0) is 0 Å². The van der Waals surface area contributed by atoms with E-state index in [0.29, 0.717) is 0 Å². The van der Waals surface area contributed by atoms with Crippen LogP contribution in [0.2, 0.25) is 19.8 Å². The molecule has 0 atom stereocenters. The van der Waals surface area contributed by atoms with Gasteiger partial charge in [0.05, 0.1) is 0 Å². The molecule has 2 aromatic carbocycles. The fourth-order valence-corrected chi connectivity index (χ4v) is 6.75. The van der Waals surface area contributed by atoms with E-state index in [1.807, 2.05) is 6.07 Å². The predicted molar refractivity (Wildman–Crippen MR) is 71.9 cm³/mol. The van der Waals surface area contributed by atoms with Gasteiger partial charge in [-0.05, 0) is 0 Å². The summed E-state index contributed by atoms with van der Waals surface area (Å²) in [6, 6.07) is 12.8. The van der Waals surface area contributed by atoms with E-state index < -0.39 is 18.4 Å². The third-order valence-corrected chi connectivity index (χ3v) is 8.74. The van der Waals surface area contributed by atoms with Crippen molar-refractivity contribution in [3.8, 4) is 0 Å². The van der Waals surface area contributed by atoms with Gasteiger partial charge in [0, 0.05) is 0 Å². The van der Waals surface area contributed by atoms with Crippen molar-refractivity contribution in [3.63, 3.8) is 0 Å². The summed E-state index contributed by atoms with van der Waals surface area (Å²) in [6.07, 6.45) is 0. The van der Waals surface area contributed by atoms with Gasteiger partial charge < -0.3 is 0 Å². The maximum absolute atomic E-state index is 6.00. The Bertz CT molecular complexity index is 497. The number of rotatable bonds is 1. The van der Waals surface area contributed by atoms with Crippen LogP contribution >= 0.6 is 11.6 Å². The Balaban J connectivity index is 2.77. The number of benzene rings is 2. The van der Waals surface area contributed by atoms with E-state index in [0.717, 1.165) is 5.02 Å².